The molecule has 4 aromatic rings. The van der Waals surface area contributed by atoms with E-state index >= 15 is 0 Å². The topological polar surface area (TPSA) is 64.5 Å². The average molecular weight is 494 g/mol. The van der Waals surface area contributed by atoms with Crippen LogP contribution in [0.2, 0.25) is 0 Å². The summed E-state index contributed by atoms with van der Waals surface area (Å²) in [5.74, 6) is 2.57. The third-order valence-electron chi connectivity index (χ3n) is 5.12. The van der Waals surface area contributed by atoms with Crippen LogP contribution in [-0.2, 0) is 11.3 Å². The molecule has 0 N–H and O–H groups in total. The molecule has 0 fully saturated rings. The van der Waals surface area contributed by atoms with E-state index in [0.717, 1.165) is 44.3 Å². The molecule has 0 unspecified atom stereocenters. The van der Waals surface area contributed by atoms with E-state index in [2.05, 4.69) is 4.98 Å². The second kappa shape index (κ2) is 11.9. The molecule has 0 aliphatic carbocycles. The number of hydrogen-bond acceptors (Lipinski definition) is 7. The standard InChI is InChI=1S/C26H27N3O3S2/c1-3-32-21-10-13-23-24(16-21)34-26(28-23)29(18-19-6-4-14-27-17-19)25(30)7-5-15-33-22-11-8-20(31-2)9-12-22/h4,6,8-14,16-17H,3,5,7,15,18H2,1-2H3. The van der Waals surface area contributed by atoms with Gasteiger partial charge in [-0.25, -0.2) is 4.98 Å². The first-order valence-corrected chi connectivity index (χ1v) is 13.0. The largest absolute Gasteiger partial charge is 0.497 e. The summed E-state index contributed by atoms with van der Waals surface area (Å²) >= 11 is 3.25. The molecule has 0 radical (unpaired) electrons. The van der Waals surface area contributed by atoms with Crippen molar-refractivity contribution in [1.29, 1.82) is 0 Å². The number of anilines is 1. The first-order chi connectivity index (χ1) is 16.7. The Bertz CT molecular complexity index is 1210. The Kier molecular flexibility index (Phi) is 8.38. The van der Waals surface area contributed by atoms with Gasteiger partial charge < -0.3 is 9.47 Å². The number of methoxy groups -OCH3 is 1. The van der Waals surface area contributed by atoms with Crippen LogP contribution in [0, 0.1) is 0 Å². The van der Waals surface area contributed by atoms with E-state index in [4.69, 9.17) is 14.5 Å². The van der Waals surface area contributed by atoms with Crippen LogP contribution in [0.25, 0.3) is 10.2 Å². The lowest BCUT2D eigenvalue weighted by Crippen LogP contribution is -2.30. The average Bonchev–Trinajstić information content (AvgIpc) is 3.29. The maximum Gasteiger partial charge on any atom is 0.229 e. The highest BCUT2D eigenvalue weighted by atomic mass is 32.2. The van der Waals surface area contributed by atoms with Crippen LogP contribution in [-0.4, -0.2) is 35.3 Å². The summed E-state index contributed by atoms with van der Waals surface area (Å²) in [5.41, 5.74) is 1.83. The first-order valence-electron chi connectivity index (χ1n) is 11.2. The minimum atomic E-state index is 0.0586. The molecule has 0 saturated heterocycles. The van der Waals surface area contributed by atoms with Crippen molar-refractivity contribution in [3.05, 3.63) is 72.6 Å². The van der Waals surface area contributed by atoms with Gasteiger partial charge in [0.05, 0.1) is 30.5 Å². The number of fused-ring (bicyclic) bond motifs is 1. The predicted molar refractivity (Wildman–Crippen MR) is 139 cm³/mol. The molecule has 8 heteroatoms. The van der Waals surface area contributed by atoms with E-state index in [0.29, 0.717) is 24.7 Å². The summed E-state index contributed by atoms with van der Waals surface area (Å²) in [5, 5.41) is 0.695. The molecule has 2 heterocycles. The van der Waals surface area contributed by atoms with Gasteiger partial charge in [-0.15, -0.1) is 11.8 Å². The zero-order valence-electron chi connectivity index (χ0n) is 19.3. The number of carbonyl (C=O) groups excluding carboxylic acids is 1. The van der Waals surface area contributed by atoms with Crippen LogP contribution in [0.1, 0.15) is 25.3 Å². The van der Waals surface area contributed by atoms with Crippen LogP contribution in [0.5, 0.6) is 11.5 Å². The number of aromatic nitrogens is 2. The van der Waals surface area contributed by atoms with Crippen LogP contribution in [0.4, 0.5) is 5.13 Å². The molecule has 2 aromatic carbocycles. The Morgan fingerprint density at radius 3 is 2.68 bits per heavy atom. The molecule has 0 saturated carbocycles. The molecule has 1 amide bonds. The molecule has 34 heavy (non-hydrogen) atoms. The Morgan fingerprint density at radius 2 is 1.94 bits per heavy atom. The number of benzene rings is 2. The van der Waals surface area contributed by atoms with E-state index in [-0.39, 0.29) is 5.91 Å². The summed E-state index contributed by atoms with van der Waals surface area (Å²) in [6, 6.07) is 17.7. The van der Waals surface area contributed by atoms with Crippen LogP contribution in [0.3, 0.4) is 0 Å². The lowest BCUT2D eigenvalue weighted by atomic mass is 10.2. The van der Waals surface area contributed by atoms with Gasteiger partial charge in [-0.1, -0.05) is 17.4 Å². The molecule has 0 spiro atoms. The lowest BCUT2D eigenvalue weighted by Gasteiger charge is -2.20. The Morgan fingerprint density at radius 1 is 1.12 bits per heavy atom. The fourth-order valence-corrected chi connectivity index (χ4v) is 5.29. The normalized spacial score (nSPS) is 10.9. The van der Waals surface area contributed by atoms with Gasteiger partial charge >= 0.3 is 0 Å². The third-order valence-corrected chi connectivity index (χ3v) is 7.26. The number of ether oxygens (including phenoxy) is 2. The number of thiazole rings is 1. The Hall–Kier alpha value is -3.10. The van der Waals surface area contributed by atoms with E-state index in [1.165, 1.54) is 11.3 Å². The van der Waals surface area contributed by atoms with Gasteiger partial charge in [0.25, 0.3) is 0 Å². The quantitative estimate of drug-likeness (QED) is 0.183. The second-order valence-corrected chi connectivity index (χ2v) is 9.71. The van der Waals surface area contributed by atoms with Gasteiger partial charge in [0.1, 0.15) is 11.5 Å². The molecule has 4 rings (SSSR count). The maximum atomic E-state index is 13.3. The van der Waals surface area contributed by atoms with E-state index in [1.807, 2.05) is 61.5 Å². The molecular weight excluding hydrogens is 466 g/mol. The smallest absolute Gasteiger partial charge is 0.229 e. The van der Waals surface area contributed by atoms with Gasteiger partial charge in [0.15, 0.2) is 5.13 Å². The summed E-state index contributed by atoms with van der Waals surface area (Å²) in [4.78, 5) is 25.2. The van der Waals surface area contributed by atoms with E-state index < -0.39 is 0 Å². The SMILES string of the molecule is CCOc1ccc2nc(N(Cc3cccnc3)C(=O)CCCSc3ccc(OC)cc3)sc2c1. The van der Waals surface area contributed by atoms with Crippen molar-refractivity contribution >= 4 is 44.4 Å². The van der Waals surface area contributed by atoms with Gasteiger partial charge in [-0.3, -0.25) is 14.7 Å². The Balaban J connectivity index is 1.45. The van der Waals surface area contributed by atoms with Crippen LogP contribution >= 0.6 is 23.1 Å². The predicted octanol–water partition coefficient (Wildman–Crippen LogP) is 6.20. The van der Waals surface area contributed by atoms with Crippen LogP contribution < -0.4 is 14.4 Å². The number of rotatable bonds is 11. The Labute approximate surface area is 207 Å². The van der Waals surface area contributed by atoms with Crippen molar-refractivity contribution in [2.24, 2.45) is 0 Å². The molecule has 0 bridgehead atoms. The fraction of sp³-hybridized carbons (Fsp3) is 0.269. The molecule has 0 aliphatic rings. The number of carbonyl (C=O) groups is 1. The summed E-state index contributed by atoms with van der Waals surface area (Å²) in [6.07, 6.45) is 4.75. The van der Waals surface area contributed by atoms with Crippen molar-refractivity contribution in [1.82, 2.24) is 9.97 Å². The third kappa shape index (κ3) is 6.27. The van der Waals surface area contributed by atoms with E-state index in [1.54, 1.807) is 36.2 Å². The molecule has 6 nitrogen and oxygen atoms in total. The second-order valence-electron chi connectivity index (χ2n) is 7.53. The van der Waals surface area contributed by atoms with Gasteiger partial charge in [0, 0.05) is 23.7 Å². The van der Waals surface area contributed by atoms with Crippen molar-refractivity contribution in [2.45, 2.75) is 31.2 Å². The lowest BCUT2D eigenvalue weighted by molar-refractivity contribution is -0.118. The highest BCUT2D eigenvalue weighted by Gasteiger charge is 2.20. The highest BCUT2D eigenvalue weighted by Crippen LogP contribution is 2.33. The van der Waals surface area contributed by atoms with Gasteiger partial charge in [-0.05, 0) is 73.2 Å². The summed E-state index contributed by atoms with van der Waals surface area (Å²) in [7, 11) is 1.66. The maximum absolute atomic E-state index is 13.3. The highest BCUT2D eigenvalue weighted by molar-refractivity contribution is 7.99. The monoisotopic (exact) mass is 493 g/mol. The number of pyridine rings is 1. The van der Waals surface area contributed by atoms with Gasteiger partial charge in [0.2, 0.25) is 5.91 Å². The molecule has 2 aromatic heterocycles. The molecular formula is C26H27N3O3S2. The number of amides is 1. The van der Waals surface area contributed by atoms with Crippen molar-refractivity contribution in [2.75, 3.05) is 24.4 Å². The molecule has 0 aliphatic heterocycles. The number of nitrogens with zero attached hydrogens (tertiary/aromatic N) is 3. The van der Waals surface area contributed by atoms with Crippen LogP contribution in [0.15, 0.2) is 71.9 Å². The number of hydrogen-bond donors (Lipinski definition) is 0. The van der Waals surface area contributed by atoms with Crippen molar-refractivity contribution < 1.29 is 14.3 Å². The van der Waals surface area contributed by atoms with E-state index in [9.17, 15) is 4.79 Å². The molecule has 0 atom stereocenters. The van der Waals surface area contributed by atoms with Crippen molar-refractivity contribution in [3.8, 4) is 11.5 Å². The minimum absolute atomic E-state index is 0.0586. The minimum Gasteiger partial charge on any atom is -0.497 e. The summed E-state index contributed by atoms with van der Waals surface area (Å²) < 4.78 is 11.8. The first kappa shape index (κ1) is 24.0. The zero-order valence-corrected chi connectivity index (χ0v) is 20.9. The zero-order chi connectivity index (χ0) is 23.8. The fourth-order valence-electron chi connectivity index (χ4n) is 3.42. The molecule has 176 valence electrons. The van der Waals surface area contributed by atoms with Gasteiger partial charge in [-0.2, -0.15) is 0 Å². The number of thioether (sulfide) groups is 1. The van der Waals surface area contributed by atoms with Crippen molar-refractivity contribution in [3.63, 3.8) is 0 Å². The summed E-state index contributed by atoms with van der Waals surface area (Å²) in [6.45, 7) is 3.01.